The third-order valence-corrected chi connectivity index (χ3v) is 8.19. The second-order valence-corrected chi connectivity index (χ2v) is 9.79. The van der Waals surface area contributed by atoms with E-state index in [0.717, 1.165) is 6.42 Å². The summed E-state index contributed by atoms with van der Waals surface area (Å²) in [7, 11) is 0. The Kier molecular flexibility index (Phi) is 6.59. The Hall–Kier alpha value is -0.120. The molecule has 2 aliphatic heterocycles. The van der Waals surface area contributed by atoms with Crippen LogP contribution >= 0.6 is 0 Å². The number of aliphatic hydroxyl groups is 1. The Labute approximate surface area is 161 Å². The summed E-state index contributed by atoms with van der Waals surface area (Å²) in [6.45, 7) is 5.05. The molecule has 0 aromatic carbocycles. The molecule has 26 heavy (non-hydrogen) atoms. The molecule has 0 radical (unpaired) electrons. The highest BCUT2D eigenvalue weighted by Gasteiger charge is 2.51. The number of nitrogens with zero attached hydrogens (tertiary/aromatic N) is 2. The van der Waals surface area contributed by atoms with Crippen LogP contribution in [0, 0.1) is 11.8 Å². The van der Waals surface area contributed by atoms with E-state index in [9.17, 15) is 5.11 Å². The third-order valence-electron chi connectivity index (χ3n) is 8.19. The second kappa shape index (κ2) is 8.92. The fraction of sp³-hybridized carbons (Fsp3) is 1.00. The number of rotatable bonds is 4. The van der Waals surface area contributed by atoms with Crippen molar-refractivity contribution >= 4 is 0 Å². The van der Waals surface area contributed by atoms with Gasteiger partial charge < -0.3 is 5.11 Å². The molecular formula is C23H42N2O. The molecule has 4 aliphatic rings. The summed E-state index contributed by atoms with van der Waals surface area (Å²) in [4.78, 5) is 5.61. The van der Waals surface area contributed by atoms with Crippen molar-refractivity contribution in [1.82, 2.24) is 9.80 Å². The van der Waals surface area contributed by atoms with Gasteiger partial charge in [-0.15, -0.1) is 0 Å². The Morgan fingerprint density at radius 1 is 0.615 bits per heavy atom. The van der Waals surface area contributed by atoms with E-state index in [-0.39, 0.29) is 0 Å². The molecular weight excluding hydrogens is 320 g/mol. The van der Waals surface area contributed by atoms with E-state index in [4.69, 9.17) is 0 Å². The van der Waals surface area contributed by atoms with Gasteiger partial charge in [-0.1, -0.05) is 44.9 Å². The summed E-state index contributed by atoms with van der Waals surface area (Å²) in [6, 6.07) is 0. The monoisotopic (exact) mass is 362 g/mol. The minimum absolute atomic E-state index is 0.391. The van der Waals surface area contributed by atoms with Gasteiger partial charge in [0, 0.05) is 5.92 Å². The Balaban J connectivity index is 1.60. The zero-order valence-corrected chi connectivity index (χ0v) is 17.0. The molecule has 2 atom stereocenters. The molecule has 2 heterocycles. The molecule has 0 spiro atoms. The van der Waals surface area contributed by atoms with E-state index in [1.165, 1.54) is 116 Å². The van der Waals surface area contributed by atoms with Gasteiger partial charge in [-0.25, -0.2) is 0 Å². The van der Waals surface area contributed by atoms with Gasteiger partial charge >= 0.3 is 0 Å². The molecule has 150 valence electrons. The Bertz CT molecular complexity index is 406. The van der Waals surface area contributed by atoms with Gasteiger partial charge in [0.15, 0.2) is 0 Å². The predicted octanol–water partition coefficient (Wildman–Crippen LogP) is 4.79. The standard InChI is InChI=1S/C23H42N2O/c26-23(20-12-4-1-5-13-20)15-7-6-14-21(23)22(24-16-8-2-9-17-24)25-18-10-3-11-19-25/h20-22,26H,1-19H2. The van der Waals surface area contributed by atoms with Crippen molar-refractivity contribution in [3.8, 4) is 0 Å². The van der Waals surface area contributed by atoms with E-state index in [2.05, 4.69) is 9.80 Å². The van der Waals surface area contributed by atoms with Crippen LogP contribution in [0.2, 0.25) is 0 Å². The van der Waals surface area contributed by atoms with Crippen molar-refractivity contribution < 1.29 is 5.11 Å². The molecule has 1 N–H and O–H groups in total. The van der Waals surface area contributed by atoms with Crippen molar-refractivity contribution in [1.29, 1.82) is 0 Å². The van der Waals surface area contributed by atoms with E-state index in [1.807, 2.05) is 0 Å². The highest BCUT2D eigenvalue weighted by atomic mass is 16.3. The Morgan fingerprint density at radius 3 is 1.69 bits per heavy atom. The maximum Gasteiger partial charge on any atom is 0.0731 e. The average Bonchev–Trinajstić information content (AvgIpc) is 2.72. The zero-order chi connectivity index (χ0) is 17.8. The van der Waals surface area contributed by atoms with Gasteiger partial charge in [0.25, 0.3) is 0 Å². The molecule has 2 saturated carbocycles. The molecule has 0 aromatic heterocycles. The molecule has 2 aliphatic carbocycles. The lowest BCUT2D eigenvalue weighted by Crippen LogP contribution is -2.63. The van der Waals surface area contributed by atoms with Crippen molar-refractivity contribution in [3.63, 3.8) is 0 Å². The van der Waals surface area contributed by atoms with Crippen LogP contribution in [0.25, 0.3) is 0 Å². The summed E-state index contributed by atoms with van der Waals surface area (Å²) in [5, 5.41) is 12.1. The largest absolute Gasteiger partial charge is 0.389 e. The minimum atomic E-state index is -0.391. The lowest BCUT2D eigenvalue weighted by molar-refractivity contribution is -0.160. The SMILES string of the molecule is OC1(C2CCCCC2)CCCCC1C(N1CCCCC1)N1CCCCC1. The van der Waals surface area contributed by atoms with Gasteiger partial charge in [0.1, 0.15) is 0 Å². The van der Waals surface area contributed by atoms with E-state index >= 15 is 0 Å². The number of hydrogen-bond acceptors (Lipinski definition) is 3. The molecule has 0 amide bonds. The smallest absolute Gasteiger partial charge is 0.0731 e. The first kappa shape index (κ1) is 19.2. The summed E-state index contributed by atoms with van der Waals surface area (Å²) >= 11 is 0. The molecule has 0 aromatic rings. The van der Waals surface area contributed by atoms with E-state index < -0.39 is 5.60 Å². The van der Waals surface area contributed by atoms with Crippen LogP contribution in [0.3, 0.4) is 0 Å². The Morgan fingerprint density at radius 2 is 1.12 bits per heavy atom. The van der Waals surface area contributed by atoms with Gasteiger partial charge in [0.05, 0.1) is 11.8 Å². The van der Waals surface area contributed by atoms with E-state index in [0.29, 0.717) is 18.0 Å². The average molecular weight is 363 g/mol. The summed E-state index contributed by atoms with van der Waals surface area (Å²) in [5.41, 5.74) is -0.391. The number of hydrogen-bond donors (Lipinski definition) is 1. The molecule has 3 heteroatoms. The maximum atomic E-state index is 12.1. The normalized spacial score (nSPS) is 36.5. The highest BCUT2D eigenvalue weighted by molar-refractivity contribution is 5.01. The molecule has 2 unspecified atom stereocenters. The van der Waals surface area contributed by atoms with Crippen LogP contribution in [0.4, 0.5) is 0 Å². The van der Waals surface area contributed by atoms with Gasteiger partial charge in [-0.2, -0.15) is 0 Å². The molecule has 4 rings (SSSR count). The van der Waals surface area contributed by atoms with Crippen molar-refractivity contribution in [2.24, 2.45) is 11.8 Å². The van der Waals surface area contributed by atoms with Crippen LogP contribution in [-0.4, -0.2) is 52.9 Å². The first-order valence-electron chi connectivity index (χ1n) is 12.0. The fourth-order valence-corrected chi connectivity index (χ4v) is 6.83. The van der Waals surface area contributed by atoms with Gasteiger partial charge in [0.2, 0.25) is 0 Å². The molecule has 0 bridgehead atoms. The first-order chi connectivity index (χ1) is 12.8. The summed E-state index contributed by atoms with van der Waals surface area (Å²) < 4.78 is 0. The third kappa shape index (κ3) is 4.00. The fourth-order valence-electron chi connectivity index (χ4n) is 6.83. The van der Waals surface area contributed by atoms with Crippen LogP contribution in [0.5, 0.6) is 0 Å². The van der Waals surface area contributed by atoms with Crippen molar-refractivity contribution in [2.45, 2.75) is 108 Å². The van der Waals surface area contributed by atoms with Crippen molar-refractivity contribution in [2.75, 3.05) is 26.2 Å². The first-order valence-corrected chi connectivity index (χ1v) is 12.0. The summed E-state index contributed by atoms with van der Waals surface area (Å²) in [6.07, 6.45) is 20.3. The van der Waals surface area contributed by atoms with Crippen LogP contribution in [0.1, 0.15) is 96.3 Å². The molecule has 3 nitrogen and oxygen atoms in total. The second-order valence-electron chi connectivity index (χ2n) is 9.79. The molecule has 2 saturated heterocycles. The highest BCUT2D eigenvalue weighted by Crippen LogP contribution is 2.48. The van der Waals surface area contributed by atoms with Crippen molar-refractivity contribution in [3.05, 3.63) is 0 Å². The van der Waals surface area contributed by atoms with Crippen LogP contribution in [-0.2, 0) is 0 Å². The zero-order valence-electron chi connectivity index (χ0n) is 17.0. The number of likely N-dealkylation sites (tertiary alicyclic amines) is 2. The van der Waals surface area contributed by atoms with E-state index in [1.54, 1.807) is 0 Å². The van der Waals surface area contributed by atoms with Gasteiger partial charge in [-0.05, 0) is 83.5 Å². The van der Waals surface area contributed by atoms with Crippen LogP contribution < -0.4 is 0 Å². The topological polar surface area (TPSA) is 26.7 Å². The lowest BCUT2D eigenvalue weighted by Gasteiger charge is -2.55. The molecule has 4 fully saturated rings. The predicted molar refractivity (Wildman–Crippen MR) is 108 cm³/mol. The van der Waals surface area contributed by atoms with Gasteiger partial charge in [-0.3, -0.25) is 9.80 Å². The maximum absolute atomic E-state index is 12.1. The number of piperidine rings is 2. The quantitative estimate of drug-likeness (QED) is 0.779. The summed E-state index contributed by atoms with van der Waals surface area (Å²) in [5.74, 6) is 1.05. The lowest BCUT2D eigenvalue weighted by atomic mass is 9.63. The van der Waals surface area contributed by atoms with Crippen LogP contribution in [0.15, 0.2) is 0 Å². The minimum Gasteiger partial charge on any atom is -0.389 e.